The van der Waals surface area contributed by atoms with Crippen LogP contribution in [0.2, 0.25) is 0 Å². The lowest BCUT2D eigenvalue weighted by Crippen LogP contribution is -2.17. The van der Waals surface area contributed by atoms with Crippen molar-refractivity contribution in [2.24, 2.45) is 0 Å². The van der Waals surface area contributed by atoms with E-state index in [0.717, 1.165) is 6.26 Å². The van der Waals surface area contributed by atoms with Gasteiger partial charge in [0.1, 0.15) is 0 Å². The number of unbranched alkanes of at least 4 members (excludes halogenated alkanes) is 2. The summed E-state index contributed by atoms with van der Waals surface area (Å²) in [6, 6.07) is 0. The molecule has 0 rings (SSSR count). The van der Waals surface area contributed by atoms with Crippen molar-refractivity contribution in [1.82, 2.24) is 0 Å². The molecule has 142 valence electrons. The molecule has 0 unspecified atom stereocenters. The van der Waals surface area contributed by atoms with E-state index in [4.69, 9.17) is 0 Å². The van der Waals surface area contributed by atoms with E-state index in [2.05, 4.69) is 13.7 Å². The SMILES string of the molecule is CCCOS(=O)(=O)COC(=O)CCCCCC(=O)OCS(C)(=O)=O. The highest BCUT2D eigenvalue weighted by Gasteiger charge is 2.14. The molecular formula is C13H24O9S2. The molecule has 0 heterocycles. The van der Waals surface area contributed by atoms with Gasteiger partial charge in [-0.25, -0.2) is 8.42 Å². The van der Waals surface area contributed by atoms with Crippen molar-refractivity contribution in [3.63, 3.8) is 0 Å². The van der Waals surface area contributed by atoms with Crippen molar-refractivity contribution in [1.29, 1.82) is 0 Å². The lowest BCUT2D eigenvalue weighted by Gasteiger charge is -2.06. The zero-order valence-electron chi connectivity index (χ0n) is 13.9. The number of carbonyl (C=O) groups is 2. The van der Waals surface area contributed by atoms with E-state index >= 15 is 0 Å². The minimum absolute atomic E-state index is 0.0156. The summed E-state index contributed by atoms with van der Waals surface area (Å²) in [6.07, 6.45) is 2.90. The number of esters is 2. The molecule has 11 heteroatoms. The van der Waals surface area contributed by atoms with Crippen LogP contribution in [0.25, 0.3) is 0 Å². The first-order chi connectivity index (χ1) is 11.1. The number of sulfone groups is 1. The Labute approximate surface area is 142 Å². The molecule has 0 N–H and O–H groups in total. The van der Waals surface area contributed by atoms with Gasteiger partial charge >= 0.3 is 22.1 Å². The van der Waals surface area contributed by atoms with Gasteiger partial charge in [-0.05, 0) is 19.3 Å². The second kappa shape index (κ2) is 11.4. The van der Waals surface area contributed by atoms with E-state index in [1.165, 1.54) is 0 Å². The zero-order valence-corrected chi connectivity index (χ0v) is 15.5. The third-order valence-corrected chi connectivity index (χ3v) is 4.01. The lowest BCUT2D eigenvalue weighted by atomic mass is 10.1. The van der Waals surface area contributed by atoms with Crippen molar-refractivity contribution in [3.8, 4) is 0 Å². The summed E-state index contributed by atoms with van der Waals surface area (Å²) in [5.41, 5.74) is 0. The highest BCUT2D eigenvalue weighted by atomic mass is 32.2. The van der Waals surface area contributed by atoms with Gasteiger partial charge in [0.05, 0.1) is 6.61 Å². The van der Waals surface area contributed by atoms with Gasteiger partial charge in [0.15, 0.2) is 15.8 Å². The molecule has 0 saturated carbocycles. The molecule has 0 atom stereocenters. The van der Waals surface area contributed by atoms with Gasteiger partial charge in [-0.15, -0.1) is 0 Å². The predicted octanol–water partition coefficient (Wildman–Crippen LogP) is 0.739. The molecule has 24 heavy (non-hydrogen) atoms. The first-order valence-corrected chi connectivity index (χ1v) is 11.1. The zero-order chi connectivity index (χ0) is 18.6. The summed E-state index contributed by atoms with van der Waals surface area (Å²) in [5, 5.41) is 0. The van der Waals surface area contributed by atoms with Gasteiger partial charge < -0.3 is 9.47 Å². The van der Waals surface area contributed by atoms with Gasteiger partial charge in [0.25, 0.3) is 0 Å². The summed E-state index contributed by atoms with van der Waals surface area (Å²) in [7, 11) is -7.21. The third kappa shape index (κ3) is 14.4. The number of carbonyl (C=O) groups excluding carboxylic acids is 2. The first kappa shape index (κ1) is 22.8. The van der Waals surface area contributed by atoms with E-state index < -0.39 is 43.8 Å². The molecule has 0 aromatic rings. The van der Waals surface area contributed by atoms with Crippen LogP contribution in [0.1, 0.15) is 45.4 Å². The normalized spacial score (nSPS) is 11.9. The number of rotatable bonds is 13. The number of ether oxygens (including phenoxy) is 2. The van der Waals surface area contributed by atoms with Crippen LogP contribution in [0.3, 0.4) is 0 Å². The number of hydrogen-bond acceptors (Lipinski definition) is 9. The Balaban J connectivity index is 3.74. The van der Waals surface area contributed by atoms with Gasteiger partial charge in [-0.3, -0.25) is 13.8 Å². The Kier molecular flexibility index (Phi) is 10.8. The van der Waals surface area contributed by atoms with E-state index in [1.807, 2.05) is 0 Å². The molecule has 0 bridgehead atoms. The Morgan fingerprint density at radius 3 is 1.79 bits per heavy atom. The molecule has 9 nitrogen and oxygen atoms in total. The molecule has 0 aliphatic rings. The van der Waals surface area contributed by atoms with Gasteiger partial charge in [0, 0.05) is 19.1 Å². The Morgan fingerprint density at radius 2 is 1.33 bits per heavy atom. The summed E-state index contributed by atoms with van der Waals surface area (Å²) < 4.78 is 57.8. The first-order valence-electron chi connectivity index (χ1n) is 7.42. The van der Waals surface area contributed by atoms with Crippen LogP contribution >= 0.6 is 0 Å². The maximum atomic E-state index is 11.4. The second-order valence-electron chi connectivity index (χ2n) is 5.13. The van der Waals surface area contributed by atoms with Gasteiger partial charge in [-0.1, -0.05) is 13.3 Å². The number of hydrogen-bond donors (Lipinski definition) is 0. The average molecular weight is 388 g/mol. The Hall–Kier alpha value is -1.20. The van der Waals surface area contributed by atoms with E-state index in [1.54, 1.807) is 6.92 Å². The fourth-order valence-corrected chi connectivity index (χ4v) is 2.52. The highest BCUT2D eigenvalue weighted by molar-refractivity contribution is 7.90. The third-order valence-electron chi connectivity index (χ3n) is 2.53. The summed E-state index contributed by atoms with van der Waals surface area (Å²) in [4.78, 5) is 22.6. The smallest absolute Gasteiger partial charge is 0.306 e. The van der Waals surface area contributed by atoms with Gasteiger partial charge in [-0.2, -0.15) is 8.42 Å². The monoisotopic (exact) mass is 388 g/mol. The molecule has 0 aromatic carbocycles. The predicted molar refractivity (Wildman–Crippen MR) is 85.0 cm³/mol. The Bertz CT molecular complexity index is 593. The van der Waals surface area contributed by atoms with Crippen LogP contribution in [0.5, 0.6) is 0 Å². The van der Waals surface area contributed by atoms with E-state index in [9.17, 15) is 26.4 Å². The molecule has 0 spiro atoms. The van der Waals surface area contributed by atoms with Crippen LogP contribution in [-0.4, -0.2) is 53.5 Å². The minimum atomic E-state index is -3.86. The fourth-order valence-electron chi connectivity index (χ4n) is 1.41. The molecule has 0 aromatic heterocycles. The topological polar surface area (TPSA) is 130 Å². The van der Waals surface area contributed by atoms with Crippen molar-refractivity contribution in [3.05, 3.63) is 0 Å². The maximum absolute atomic E-state index is 11.4. The second-order valence-corrected chi connectivity index (χ2v) is 8.81. The lowest BCUT2D eigenvalue weighted by molar-refractivity contribution is -0.142. The summed E-state index contributed by atoms with van der Waals surface area (Å²) >= 11 is 0. The van der Waals surface area contributed by atoms with E-state index in [0.29, 0.717) is 25.7 Å². The quantitative estimate of drug-likeness (QED) is 0.255. The Morgan fingerprint density at radius 1 is 0.833 bits per heavy atom. The fraction of sp³-hybridized carbons (Fsp3) is 0.846. The van der Waals surface area contributed by atoms with Crippen LogP contribution < -0.4 is 0 Å². The maximum Gasteiger partial charge on any atom is 0.306 e. The average Bonchev–Trinajstić information content (AvgIpc) is 2.48. The van der Waals surface area contributed by atoms with Crippen molar-refractivity contribution >= 4 is 31.9 Å². The minimum Gasteiger partial charge on any atom is -0.449 e. The molecule has 0 amide bonds. The standard InChI is InChI=1S/C13H24O9S2/c1-3-9-22-24(18,19)11-21-13(15)8-6-4-5-7-12(14)20-10-23(2,16)17/h3-11H2,1-2H3. The van der Waals surface area contributed by atoms with Crippen molar-refractivity contribution < 1.29 is 40.1 Å². The van der Waals surface area contributed by atoms with Crippen molar-refractivity contribution in [2.45, 2.75) is 45.4 Å². The highest BCUT2D eigenvalue weighted by Crippen LogP contribution is 2.06. The molecule has 0 saturated heterocycles. The van der Waals surface area contributed by atoms with Gasteiger partial charge in [0.2, 0.25) is 5.94 Å². The summed E-state index contributed by atoms with van der Waals surface area (Å²) in [6.45, 7) is 1.79. The molecule has 0 aliphatic heterocycles. The summed E-state index contributed by atoms with van der Waals surface area (Å²) in [5.74, 6) is -2.75. The molecular weight excluding hydrogens is 364 g/mol. The van der Waals surface area contributed by atoms with E-state index in [-0.39, 0.29) is 19.4 Å². The van der Waals surface area contributed by atoms with Crippen LogP contribution in [0.15, 0.2) is 0 Å². The molecule has 0 radical (unpaired) electrons. The largest absolute Gasteiger partial charge is 0.449 e. The van der Waals surface area contributed by atoms with Crippen molar-refractivity contribution in [2.75, 3.05) is 24.7 Å². The van der Waals surface area contributed by atoms with Crippen LogP contribution in [0, 0.1) is 0 Å². The molecule has 0 aliphatic carbocycles. The van der Waals surface area contributed by atoms with Crippen LogP contribution in [0.4, 0.5) is 0 Å². The molecule has 0 fully saturated rings. The van der Waals surface area contributed by atoms with Crippen LogP contribution in [-0.2, 0) is 43.2 Å².